The van der Waals surface area contributed by atoms with Gasteiger partial charge in [-0.25, -0.2) is 9.59 Å². The SMILES string of the molecule is COC(=O)COc1ccc(C2CC2)cc1.O=C(O)COc1ccc(C2CC2)cc1.[Li+].[OH-]. The van der Waals surface area contributed by atoms with Gasteiger partial charge in [0.05, 0.1) is 7.11 Å². The fourth-order valence-corrected chi connectivity index (χ4v) is 2.85. The van der Waals surface area contributed by atoms with Crippen molar-refractivity contribution in [2.75, 3.05) is 20.3 Å². The standard InChI is InChI=1S/C12H14O3.C11H12O3.Li.H2O/c1-14-12(13)8-15-11-6-4-10(5-7-11)9-2-3-9;12-11(13)7-14-10-5-3-9(4-6-10)8-1-2-8;;/h4-7,9H,2-3,8H2,1H3;3-6,8H,1-2,7H2,(H,12,13);;1H2/q;;+1;/p-1. The van der Waals surface area contributed by atoms with Crippen LogP contribution < -0.4 is 28.3 Å². The number of carbonyl (C=O) groups is 2. The second-order valence-corrected chi connectivity index (χ2v) is 7.23. The summed E-state index contributed by atoms with van der Waals surface area (Å²) in [4.78, 5) is 21.1. The summed E-state index contributed by atoms with van der Waals surface area (Å²) >= 11 is 0. The van der Waals surface area contributed by atoms with Crippen molar-refractivity contribution in [3.63, 3.8) is 0 Å². The van der Waals surface area contributed by atoms with Crippen LogP contribution in [0.1, 0.15) is 48.6 Å². The number of hydrogen-bond donors (Lipinski definition) is 1. The molecule has 0 bridgehead atoms. The van der Waals surface area contributed by atoms with Gasteiger partial charge in [-0.2, -0.15) is 0 Å². The molecule has 2 aliphatic rings. The average molecular weight is 422 g/mol. The minimum absolute atomic E-state index is 0. The molecule has 2 saturated carbocycles. The monoisotopic (exact) mass is 422 g/mol. The maximum absolute atomic E-state index is 10.8. The molecule has 2 aromatic rings. The summed E-state index contributed by atoms with van der Waals surface area (Å²) in [6.45, 7) is -0.304. The molecule has 0 aromatic heterocycles. The van der Waals surface area contributed by atoms with Crippen molar-refractivity contribution in [1.29, 1.82) is 0 Å². The molecule has 2 aliphatic carbocycles. The van der Waals surface area contributed by atoms with Gasteiger partial charge >= 0.3 is 30.8 Å². The third-order valence-electron chi connectivity index (χ3n) is 4.80. The van der Waals surface area contributed by atoms with Gasteiger partial charge in [-0.1, -0.05) is 24.3 Å². The molecule has 4 rings (SSSR count). The number of benzene rings is 2. The van der Waals surface area contributed by atoms with Crippen molar-refractivity contribution in [2.45, 2.75) is 37.5 Å². The van der Waals surface area contributed by atoms with Gasteiger partial charge in [0, 0.05) is 0 Å². The fraction of sp³-hybridized carbons (Fsp3) is 0.391. The molecule has 0 amide bonds. The summed E-state index contributed by atoms with van der Waals surface area (Å²) in [6.07, 6.45) is 5.13. The number of esters is 1. The molecule has 2 aromatic carbocycles. The van der Waals surface area contributed by atoms with E-state index in [4.69, 9.17) is 14.6 Å². The first-order valence-electron chi connectivity index (χ1n) is 9.79. The van der Waals surface area contributed by atoms with Gasteiger partial charge in [-0.15, -0.1) is 0 Å². The number of hydrogen-bond acceptors (Lipinski definition) is 6. The molecule has 0 aliphatic heterocycles. The molecule has 0 saturated heterocycles. The van der Waals surface area contributed by atoms with Crippen molar-refractivity contribution >= 4 is 11.9 Å². The van der Waals surface area contributed by atoms with E-state index in [-0.39, 0.29) is 43.5 Å². The van der Waals surface area contributed by atoms with Crippen LogP contribution in [0.2, 0.25) is 0 Å². The summed E-state index contributed by atoms with van der Waals surface area (Å²) in [5.41, 5.74) is 2.69. The molecule has 0 unspecified atom stereocenters. The molecule has 0 radical (unpaired) electrons. The molecule has 0 spiro atoms. The van der Waals surface area contributed by atoms with Gasteiger partial charge in [0.1, 0.15) is 11.5 Å². The van der Waals surface area contributed by atoms with Crippen LogP contribution in [0, 0.1) is 0 Å². The van der Waals surface area contributed by atoms with Crippen LogP contribution in [0.4, 0.5) is 0 Å². The number of rotatable bonds is 8. The quantitative estimate of drug-likeness (QED) is 0.498. The van der Waals surface area contributed by atoms with E-state index >= 15 is 0 Å². The zero-order chi connectivity index (χ0) is 20.6. The maximum atomic E-state index is 10.8. The number of aliphatic carboxylic acids is 1. The molecule has 0 atom stereocenters. The topological polar surface area (TPSA) is 112 Å². The first kappa shape index (κ1) is 26.6. The maximum Gasteiger partial charge on any atom is 1.00 e. The van der Waals surface area contributed by atoms with Crippen LogP contribution in [-0.4, -0.2) is 42.8 Å². The van der Waals surface area contributed by atoms with Crippen LogP contribution >= 0.6 is 0 Å². The molecule has 162 valence electrons. The largest absolute Gasteiger partial charge is 1.00 e. The summed E-state index contributed by atoms with van der Waals surface area (Å²) in [6, 6.07) is 15.6. The first-order valence-corrected chi connectivity index (χ1v) is 9.79. The molecule has 8 heteroatoms. The number of methoxy groups -OCH3 is 1. The van der Waals surface area contributed by atoms with E-state index in [1.54, 1.807) is 0 Å². The van der Waals surface area contributed by atoms with Crippen molar-refractivity contribution in [2.24, 2.45) is 0 Å². The normalized spacial score (nSPS) is 14.0. The molecule has 7 nitrogen and oxygen atoms in total. The van der Waals surface area contributed by atoms with Gasteiger partial charge in [-0.3, -0.25) is 0 Å². The molecule has 31 heavy (non-hydrogen) atoms. The van der Waals surface area contributed by atoms with Gasteiger partial charge in [0.2, 0.25) is 0 Å². The third kappa shape index (κ3) is 9.47. The van der Waals surface area contributed by atoms with Crippen molar-refractivity contribution in [3.05, 3.63) is 59.7 Å². The van der Waals surface area contributed by atoms with E-state index in [2.05, 4.69) is 16.9 Å². The average Bonchev–Trinajstić information content (AvgIpc) is 3.64. The van der Waals surface area contributed by atoms with E-state index in [1.807, 2.05) is 36.4 Å². The Labute approximate surface area is 194 Å². The summed E-state index contributed by atoms with van der Waals surface area (Å²) in [5.74, 6) is 1.50. The zero-order valence-corrected chi connectivity index (χ0v) is 18.0. The van der Waals surface area contributed by atoms with E-state index in [1.165, 1.54) is 43.9 Å². The second-order valence-electron chi connectivity index (χ2n) is 7.23. The smallest absolute Gasteiger partial charge is 0.870 e. The van der Waals surface area contributed by atoms with Gasteiger partial charge in [0.15, 0.2) is 13.2 Å². The predicted octanol–water partition coefficient (Wildman–Crippen LogP) is 0.970. The summed E-state index contributed by atoms with van der Waals surface area (Å²) in [7, 11) is 1.35. The van der Waals surface area contributed by atoms with Crippen LogP contribution in [-0.2, 0) is 14.3 Å². The Balaban J connectivity index is 0.000000292. The summed E-state index contributed by atoms with van der Waals surface area (Å²) < 4.78 is 14.7. The van der Waals surface area contributed by atoms with Gasteiger partial charge < -0.3 is 24.8 Å². The Hall–Kier alpha value is -2.46. The Kier molecular flexibility index (Phi) is 11.2. The molecular weight excluding hydrogens is 395 g/mol. The second kappa shape index (κ2) is 13.1. The Morgan fingerprint density at radius 2 is 1.19 bits per heavy atom. The van der Waals surface area contributed by atoms with Crippen LogP contribution in [0.15, 0.2) is 48.5 Å². The first-order chi connectivity index (χ1) is 14.0. The molecule has 0 heterocycles. The Morgan fingerprint density at radius 3 is 1.52 bits per heavy atom. The van der Waals surface area contributed by atoms with Crippen molar-refractivity contribution in [3.8, 4) is 11.5 Å². The number of ether oxygens (including phenoxy) is 3. The number of carbonyl (C=O) groups excluding carboxylic acids is 1. The van der Waals surface area contributed by atoms with Crippen LogP contribution in [0.3, 0.4) is 0 Å². The van der Waals surface area contributed by atoms with E-state index in [0.29, 0.717) is 11.5 Å². The van der Waals surface area contributed by atoms with Gasteiger partial charge in [0.25, 0.3) is 0 Å². The minimum atomic E-state index is -0.948. The number of carboxylic acids is 1. The zero-order valence-electron chi connectivity index (χ0n) is 18.0. The van der Waals surface area contributed by atoms with Crippen LogP contribution in [0.5, 0.6) is 11.5 Å². The van der Waals surface area contributed by atoms with E-state index in [0.717, 1.165) is 11.8 Å². The van der Waals surface area contributed by atoms with E-state index in [9.17, 15) is 9.59 Å². The molecule has 2 N–H and O–H groups in total. The minimum Gasteiger partial charge on any atom is -0.870 e. The van der Waals surface area contributed by atoms with E-state index < -0.39 is 5.97 Å². The van der Waals surface area contributed by atoms with Crippen molar-refractivity contribution in [1.82, 2.24) is 0 Å². The molecular formula is C23H27LiO7. The Morgan fingerprint density at radius 1 is 0.806 bits per heavy atom. The van der Waals surface area contributed by atoms with Gasteiger partial charge in [-0.05, 0) is 72.9 Å². The van der Waals surface area contributed by atoms with Crippen LogP contribution in [0.25, 0.3) is 0 Å². The number of carboxylic acid groups (broad SMARTS) is 1. The fourth-order valence-electron chi connectivity index (χ4n) is 2.85. The Bertz CT molecular complexity index is 813. The summed E-state index contributed by atoms with van der Waals surface area (Å²) in [5, 5.41) is 8.40. The molecule has 2 fully saturated rings. The predicted molar refractivity (Wildman–Crippen MR) is 109 cm³/mol. The van der Waals surface area contributed by atoms with Crippen molar-refractivity contribution < 1.29 is 53.2 Å². The third-order valence-corrected chi connectivity index (χ3v) is 4.80.